The summed E-state index contributed by atoms with van der Waals surface area (Å²) in [5.41, 5.74) is 0. The fraction of sp³-hybridized carbons (Fsp3) is 1.00. The van der Waals surface area contributed by atoms with Crippen molar-refractivity contribution in [2.75, 3.05) is 24.7 Å². The van der Waals surface area contributed by atoms with E-state index in [0.29, 0.717) is 0 Å². The molecular formula is C10H21O10S2+. The summed E-state index contributed by atoms with van der Waals surface area (Å²) >= 11 is 0. The van der Waals surface area contributed by atoms with Crippen LogP contribution in [0.25, 0.3) is 0 Å². The highest BCUT2D eigenvalue weighted by molar-refractivity contribution is 7.97. The molecule has 7 N–H and O–H groups in total. The van der Waals surface area contributed by atoms with E-state index in [9.17, 15) is 34.0 Å². The third-order valence-corrected chi connectivity index (χ3v) is 6.67. The largest absolute Gasteiger partial charge is 0.397 e. The molecule has 1 heterocycles. The van der Waals surface area contributed by atoms with E-state index in [-0.39, 0.29) is 11.5 Å². The third kappa shape index (κ3) is 5.26. The monoisotopic (exact) mass is 365 g/mol. The van der Waals surface area contributed by atoms with Crippen LogP contribution in [0.3, 0.4) is 0 Å². The Kier molecular flexibility index (Phi) is 7.45. The van der Waals surface area contributed by atoms with Crippen LogP contribution in [0.4, 0.5) is 0 Å². The van der Waals surface area contributed by atoms with E-state index in [1.165, 1.54) is 0 Å². The van der Waals surface area contributed by atoms with E-state index in [2.05, 4.69) is 4.18 Å². The summed E-state index contributed by atoms with van der Waals surface area (Å²) in [7, 11) is -5.75. The molecule has 10 nitrogen and oxygen atoms in total. The van der Waals surface area contributed by atoms with Crippen LogP contribution in [0.5, 0.6) is 0 Å². The highest BCUT2D eigenvalue weighted by Gasteiger charge is 2.51. The number of hydrogen-bond donors (Lipinski definition) is 7. The fourth-order valence-corrected chi connectivity index (χ4v) is 5.38. The van der Waals surface area contributed by atoms with Crippen molar-refractivity contribution in [2.24, 2.45) is 0 Å². The molecule has 132 valence electrons. The molecule has 1 aliphatic rings. The summed E-state index contributed by atoms with van der Waals surface area (Å²) in [6.07, 6.45) is -7.35. The quantitative estimate of drug-likeness (QED) is 0.164. The van der Waals surface area contributed by atoms with Crippen LogP contribution in [0.15, 0.2) is 0 Å². The van der Waals surface area contributed by atoms with Crippen LogP contribution in [-0.2, 0) is 25.5 Å². The van der Waals surface area contributed by atoms with Crippen LogP contribution in [0, 0.1) is 0 Å². The van der Waals surface area contributed by atoms with Gasteiger partial charge in [-0.15, -0.1) is 0 Å². The fourth-order valence-electron chi connectivity index (χ4n) is 2.21. The minimum Gasteiger partial charge on any atom is -0.394 e. The molecular weight excluding hydrogens is 344 g/mol. The van der Waals surface area contributed by atoms with E-state index < -0.39 is 70.3 Å². The Morgan fingerprint density at radius 2 is 1.82 bits per heavy atom. The van der Waals surface area contributed by atoms with Gasteiger partial charge in [0.1, 0.15) is 42.0 Å². The van der Waals surface area contributed by atoms with Gasteiger partial charge in [-0.25, -0.2) is 4.18 Å². The van der Waals surface area contributed by atoms with Crippen molar-refractivity contribution >= 4 is 21.3 Å². The van der Waals surface area contributed by atoms with Gasteiger partial charge in [-0.2, -0.15) is 8.42 Å². The summed E-state index contributed by atoms with van der Waals surface area (Å²) in [4.78, 5) is 0. The van der Waals surface area contributed by atoms with Gasteiger partial charge in [-0.05, 0) is 0 Å². The summed E-state index contributed by atoms with van der Waals surface area (Å²) in [5.74, 6) is -0.0367. The molecule has 0 spiro atoms. The van der Waals surface area contributed by atoms with Crippen LogP contribution < -0.4 is 0 Å². The van der Waals surface area contributed by atoms with Crippen molar-refractivity contribution in [3.8, 4) is 0 Å². The summed E-state index contributed by atoms with van der Waals surface area (Å²) < 4.78 is 33.8. The maximum Gasteiger partial charge on any atom is 0.397 e. The summed E-state index contributed by atoms with van der Waals surface area (Å²) in [5, 5.41) is 56.4. The Bertz CT molecular complexity index is 443. The molecule has 0 radical (unpaired) electrons. The molecule has 0 amide bonds. The standard InChI is InChI=1S/C10H20O10S2/c11-1-7(20-22(17,18)19)9(15)5(13)3-21-4-6(14)10(16)8(21)2-12/h5-16H,1-4H2/p+1/t5-,6-,7+,8-,9+,10+,21?/m1/s1. The molecule has 7 atom stereocenters. The van der Waals surface area contributed by atoms with Gasteiger partial charge in [0.15, 0.2) is 5.25 Å². The predicted molar refractivity (Wildman–Crippen MR) is 75.5 cm³/mol. The average molecular weight is 365 g/mol. The first kappa shape index (κ1) is 20.0. The lowest BCUT2D eigenvalue weighted by Gasteiger charge is -2.24. The van der Waals surface area contributed by atoms with Crippen molar-refractivity contribution in [2.45, 2.75) is 35.8 Å². The Balaban J connectivity index is 2.68. The minimum absolute atomic E-state index is 0.110. The number of rotatable bonds is 8. The molecule has 0 saturated carbocycles. The first-order valence-electron chi connectivity index (χ1n) is 6.36. The molecule has 1 aliphatic heterocycles. The third-order valence-electron chi connectivity index (χ3n) is 3.35. The number of aliphatic hydroxyl groups is 6. The van der Waals surface area contributed by atoms with Gasteiger partial charge in [-0.1, -0.05) is 0 Å². The van der Waals surface area contributed by atoms with Gasteiger partial charge in [0.05, 0.1) is 13.2 Å². The average Bonchev–Trinajstić information content (AvgIpc) is 2.68. The van der Waals surface area contributed by atoms with Gasteiger partial charge in [0.2, 0.25) is 0 Å². The molecule has 1 rings (SSSR count). The zero-order chi connectivity index (χ0) is 17.1. The van der Waals surface area contributed by atoms with Crippen LogP contribution >= 0.6 is 0 Å². The van der Waals surface area contributed by atoms with E-state index in [0.717, 1.165) is 0 Å². The Morgan fingerprint density at radius 3 is 2.27 bits per heavy atom. The van der Waals surface area contributed by atoms with E-state index in [1.54, 1.807) is 0 Å². The molecule has 1 saturated heterocycles. The molecule has 22 heavy (non-hydrogen) atoms. The second kappa shape index (κ2) is 8.19. The van der Waals surface area contributed by atoms with Gasteiger partial charge >= 0.3 is 10.4 Å². The van der Waals surface area contributed by atoms with Gasteiger partial charge in [-0.3, -0.25) is 4.55 Å². The normalized spacial score (nSPS) is 33.6. The lowest BCUT2D eigenvalue weighted by molar-refractivity contribution is -0.0583. The minimum atomic E-state index is -4.92. The first-order valence-corrected chi connectivity index (χ1v) is 9.35. The number of aliphatic hydroxyl groups excluding tert-OH is 6. The zero-order valence-corrected chi connectivity index (χ0v) is 13.1. The second-order valence-corrected chi connectivity index (χ2v) is 8.35. The molecule has 0 bridgehead atoms. The summed E-state index contributed by atoms with van der Waals surface area (Å²) in [6, 6.07) is 0. The number of hydrogen-bond acceptors (Lipinski definition) is 9. The highest BCUT2D eigenvalue weighted by Crippen LogP contribution is 2.25. The lowest BCUT2D eigenvalue weighted by Crippen LogP contribution is -2.47. The van der Waals surface area contributed by atoms with Gasteiger partial charge in [0.25, 0.3) is 0 Å². The van der Waals surface area contributed by atoms with Crippen molar-refractivity contribution in [3.63, 3.8) is 0 Å². The van der Waals surface area contributed by atoms with Crippen molar-refractivity contribution in [3.05, 3.63) is 0 Å². The topological polar surface area (TPSA) is 185 Å². The molecule has 0 aromatic carbocycles. The van der Waals surface area contributed by atoms with Gasteiger partial charge in [0, 0.05) is 10.9 Å². The molecule has 1 unspecified atom stereocenters. The molecule has 0 aromatic heterocycles. The van der Waals surface area contributed by atoms with E-state index in [4.69, 9.17) is 9.66 Å². The second-order valence-electron chi connectivity index (χ2n) is 4.95. The molecule has 12 heteroatoms. The smallest absolute Gasteiger partial charge is 0.394 e. The molecule has 0 aromatic rings. The van der Waals surface area contributed by atoms with Crippen molar-refractivity contribution in [1.82, 2.24) is 0 Å². The van der Waals surface area contributed by atoms with E-state index >= 15 is 0 Å². The van der Waals surface area contributed by atoms with Crippen molar-refractivity contribution < 1.29 is 47.8 Å². The highest BCUT2D eigenvalue weighted by atomic mass is 32.3. The predicted octanol–water partition coefficient (Wildman–Crippen LogP) is -4.40. The maximum atomic E-state index is 10.6. The zero-order valence-electron chi connectivity index (χ0n) is 11.5. The first-order chi connectivity index (χ1) is 10.1. The van der Waals surface area contributed by atoms with Crippen LogP contribution in [-0.4, -0.2) is 104 Å². The van der Waals surface area contributed by atoms with Crippen molar-refractivity contribution in [1.29, 1.82) is 0 Å². The van der Waals surface area contributed by atoms with Gasteiger partial charge < -0.3 is 30.6 Å². The Labute approximate surface area is 130 Å². The maximum absolute atomic E-state index is 10.6. The van der Waals surface area contributed by atoms with Crippen LogP contribution in [0.1, 0.15) is 0 Å². The Hall–Kier alpha value is -0.0200. The van der Waals surface area contributed by atoms with Crippen LogP contribution in [0.2, 0.25) is 0 Å². The summed E-state index contributed by atoms with van der Waals surface area (Å²) in [6.45, 7) is -1.39. The molecule has 0 aliphatic carbocycles. The Morgan fingerprint density at radius 1 is 1.23 bits per heavy atom. The SMILES string of the molecule is O=S(=O)(O)O[C@@H](CO)[C@@H](O)[C@H](O)C[S+]1C[C@@H](O)[C@H](O)[C@H]1CO. The molecule has 1 fully saturated rings. The van der Waals surface area contributed by atoms with E-state index in [1.807, 2.05) is 0 Å². The lowest BCUT2D eigenvalue weighted by atomic mass is 10.1.